The Hall–Kier alpha value is -1.98. The minimum absolute atomic E-state index is 0.132. The summed E-state index contributed by atoms with van der Waals surface area (Å²) in [5.74, 6) is -7.01. The van der Waals surface area contributed by atoms with Gasteiger partial charge in [-0.2, -0.15) is 0 Å². The Balaban J connectivity index is 2.44. The monoisotopic (exact) mass is 426 g/mol. The maximum absolute atomic E-state index is 13.6. The van der Waals surface area contributed by atoms with Crippen LogP contribution in [0.1, 0.15) is 10.4 Å². The molecule has 0 bridgehead atoms. The van der Waals surface area contributed by atoms with Crippen LogP contribution in [0, 0.1) is 23.3 Å². The second-order valence-corrected chi connectivity index (χ2v) is 6.90. The van der Waals surface area contributed by atoms with E-state index in [-0.39, 0.29) is 10.0 Å². The molecule has 0 aliphatic rings. The van der Waals surface area contributed by atoms with Gasteiger partial charge >= 0.3 is 0 Å². The molecule has 0 saturated carbocycles. The van der Waals surface area contributed by atoms with Gasteiger partial charge in [0, 0.05) is 22.3 Å². The molecular weight excluding hydrogens is 420 g/mol. The molecule has 0 atom stereocenters. The van der Waals surface area contributed by atoms with Gasteiger partial charge in [0.15, 0.2) is 17.5 Å². The number of sulfonamides is 1. The minimum Gasteiger partial charge on any atom is -0.322 e. The SMILES string of the molecule is NS(=O)(=O)c1cc(C(=O)Nc2cc(F)c(F)c(F)c2)c(Br)cc1F. The number of nitrogens with two attached hydrogens (primary N) is 1. The van der Waals surface area contributed by atoms with E-state index in [1.165, 1.54) is 0 Å². The Kier molecular flexibility index (Phi) is 4.97. The minimum atomic E-state index is -4.44. The molecule has 3 N–H and O–H groups in total. The van der Waals surface area contributed by atoms with Gasteiger partial charge in [-0.25, -0.2) is 31.1 Å². The van der Waals surface area contributed by atoms with Gasteiger partial charge in [0.1, 0.15) is 10.7 Å². The fraction of sp³-hybridized carbons (Fsp3) is 0. The molecule has 0 radical (unpaired) electrons. The average Bonchev–Trinajstić information content (AvgIpc) is 2.43. The predicted molar refractivity (Wildman–Crippen MR) is 79.7 cm³/mol. The molecule has 24 heavy (non-hydrogen) atoms. The summed E-state index contributed by atoms with van der Waals surface area (Å²) in [6, 6.07) is 2.39. The van der Waals surface area contributed by atoms with Gasteiger partial charge < -0.3 is 5.32 Å². The first-order chi connectivity index (χ1) is 11.0. The van der Waals surface area contributed by atoms with E-state index in [9.17, 15) is 30.8 Å². The van der Waals surface area contributed by atoms with Gasteiger partial charge in [-0.3, -0.25) is 4.79 Å². The van der Waals surface area contributed by atoms with Crippen molar-refractivity contribution < 1.29 is 30.8 Å². The number of benzene rings is 2. The van der Waals surface area contributed by atoms with E-state index in [0.717, 1.165) is 0 Å². The summed E-state index contributed by atoms with van der Waals surface area (Å²) >= 11 is 2.86. The van der Waals surface area contributed by atoms with Crippen molar-refractivity contribution in [1.82, 2.24) is 0 Å². The number of halogens is 5. The smallest absolute Gasteiger partial charge is 0.256 e. The lowest BCUT2D eigenvalue weighted by atomic mass is 10.2. The van der Waals surface area contributed by atoms with E-state index in [4.69, 9.17) is 5.14 Å². The molecule has 2 aromatic rings. The number of carbonyl (C=O) groups excluding carboxylic acids is 1. The molecule has 0 aliphatic carbocycles. The number of hydrogen-bond acceptors (Lipinski definition) is 3. The van der Waals surface area contributed by atoms with Crippen LogP contribution in [-0.4, -0.2) is 14.3 Å². The van der Waals surface area contributed by atoms with Crippen LogP contribution in [0.2, 0.25) is 0 Å². The summed E-state index contributed by atoms with van der Waals surface area (Å²) in [4.78, 5) is 11.2. The van der Waals surface area contributed by atoms with Crippen molar-refractivity contribution in [2.24, 2.45) is 5.14 Å². The first-order valence-electron chi connectivity index (χ1n) is 5.98. The van der Waals surface area contributed by atoms with E-state index in [1.54, 1.807) is 0 Å². The Morgan fingerprint density at radius 2 is 1.54 bits per heavy atom. The summed E-state index contributed by atoms with van der Waals surface area (Å²) in [5.41, 5.74) is -0.796. The lowest BCUT2D eigenvalue weighted by Crippen LogP contribution is -2.18. The van der Waals surface area contributed by atoms with Crippen LogP contribution in [0.3, 0.4) is 0 Å². The lowest BCUT2D eigenvalue weighted by molar-refractivity contribution is 0.102. The summed E-state index contributed by atoms with van der Waals surface area (Å²) in [6.45, 7) is 0. The second-order valence-electron chi connectivity index (χ2n) is 4.52. The molecule has 0 saturated heterocycles. The van der Waals surface area contributed by atoms with Gasteiger partial charge in [-0.1, -0.05) is 0 Å². The first kappa shape index (κ1) is 18.4. The summed E-state index contributed by atoms with van der Waals surface area (Å²) in [6.07, 6.45) is 0. The summed E-state index contributed by atoms with van der Waals surface area (Å²) < 4.78 is 75.1. The van der Waals surface area contributed by atoms with E-state index < -0.39 is 49.8 Å². The fourth-order valence-electron chi connectivity index (χ4n) is 1.75. The number of anilines is 1. The topological polar surface area (TPSA) is 89.3 Å². The fourth-order valence-corrected chi connectivity index (χ4v) is 2.86. The molecule has 5 nitrogen and oxygen atoms in total. The lowest BCUT2D eigenvalue weighted by Gasteiger charge is -2.10. The van der Waals surface area contributed by atoms with Crippen LogP contribution < -0.4 is 10.5 Å². The van der Waals surface area contributed by atoms with Crippen molar-refractivity contribution in [2.45, 2.75) is 4.90 Å². The number of primary sulfonamides is 1. The normalized spacial score (nSPS) is 11.4. The number of hydrogen-bond donors (Lipinski definition) is 2. The molecule has 0 heterocycles. The Morgan fingerprint density at radius 1 is 1.00 bits per heavy atom. The standard InChI is InChI=1S/C13H7BrF4N2O3S/c14-7-4-8(15)11(24(19,22)23)3-6(7)13(21)20-5-1-9(16)12(18)10(17)2-5/h1-4H,(H,20,21)(H2,19,22,23). The third-order valence-corrected chi connectivity index (χ3v) is 4.40. The van der Waals surface area contributed by atoms with Crippen molar-refractivity contribution in [1.29, 1.82) is 0 Å². The molecule has 0 spiro atoms. The highest BCUT2D eigenvalue weighted by Gasteiger charge is 2.21. The highest BCUT2D eigenvalue weighted by Crippen LogP contribution is 2.25. The maximum Gasteiger partial charge on any atom is 0.256 e. The molecule has 0 fully saturated rings. The van der Waals surface area contributed by atoms with Gasteiger partial charge in [-0.15, -0.1) is 0 Å². The Morgan fingerprint density at radius 3 is 2.04 bits per heavy atom. The van der Waals surface area contributed by atoms with Crippen molar-refractivity contribution in [3.8, 4) is 0 Å². The zero-order valence-electron chi connectivity index (χ0n) is 11.4. The number of nitrogens with one attached hydrogen (secondary N) is 1. The van der Waals surface area contributed by atoms with Crippen LogP contribution in [0.25, 0.3) is 0 Å². The molecule has 2 rings (SSSR count). The van der Waals surface area contributed by atoms with Crippen molar-refractivity contribution >= 4 is 37.5 Å². The zero-order valence-corrected chi connectivity index (χ0v) is 13.8. The van der Waals surface area contributed by atoms with Gasteiger partial charge in [0.2, 0.25) is 10.0 Å². The van der Waals surface area contributed by atoms with E-state index in [1.807, 2.05) is 5.32 Å². The largest absolute Gasteiger partial charge is 0.322 e. The first-order valence-corrected chi connectivity index (χ1v) is 8.32. The van der Waals surface area contributed by atoms with E-state index in [0.29, 0.717) is 24.3 Å². The number of carbonyl (C=O) groups is 1. The molecular formula is C13H7BrF4N2O3S. The quantitative estimate of drug-likeness (QED) is 0.583. The second kappa shape index (κ2) is 6.49. The number of amides is 1. The Labute approximate surface area is 141 Å². The predicted octanol–water partition coefficient (Wildman–Crippen LogP) is 2.91. The third kappa shape index (κ3) is 3.74. The summed E-state index contributed by atoms with van der Waals surface area (Å²) in [5, 5.41) is 6.86. The highest BCUT2D eigenvalue weighted by atomic mass is 79.9. The molecule has 11 heteroatoms. The maximum atomic E-state index is 13.6. The highest BCUT2D eigenvalue weighted by molar-refractivity contribution is 9.10. The van der Waals surface area contributed by atoms with Crippen LogP contribution >= 0.6 is 15.9 Å². The molecule has 0 unspecified atom stereocenters. The molecule has 2 aromatic carbocycles. The van der Waals surface area contributed by atoms with Crippen LogP contribution in [0.5, 0.6) is 0 Å². The molecule has 0 aromatic heterocycles. The number of rotatable bonds is 3. The van der Waals surface area contributed by atoms with Gasteiger partial charge in [0.05, 0.1) is 5.56 Å². The van der Waals surface area contributed by atoms with Crippen molar-refractivity contribution in [2.75, 3.05) is 5.32 Å². The molecule has 128 valence electrons. The molecule has 1 amide bonds. The van der Waals surface area contributed by atoms with Crippen LogP contribution in [-0.2, 0) is 10.0 Å². The van der Waals surface area contributed by atoms with E-state index >= 15 is 0 Å². The van der Waals surface area contributed by atoms with Crippen LogP contribution in [0.4, 0.5) is 23.2 Å². The third-order valence-electron chi connectivity index (χ3n) is 2.81. The zero-order chi connectivity index (χ0) is 18.2. The van der Waals surface area contributed by atoms with Gasteiger partial charge in [0.25, 0.3) is 5.91 Å². The van der Waals surface area contributed by atoms with Crippen LogP contribution in [0.15, 0.2) is 33.6 Å². The Bertz CT molecular complexity index is 927. The van der Waals surface area contributed by atoms with Gasteiger partial charge in [-0.05, 0) is 28.1 Å². The van der Waals surface area contributed by atoms with E-state index in [2.05, 4.69) is 15.9 Å². The average molecular weight is 427 g/mol. The molecule has 0 aliphatic heterocycles. The van der Waals surface area contributed by atoms with Crippen molar-refractivity contribution in [3.05, 3.63) is 57.6 Å². The summed E-state index contributed by atoms with van der Waals surface area (Å²) in [7, 11) is -4.44. The van der Waals surface area contributed by atoms with Crippen molar-refractivity contribution in [3.63, 3.8) is 0 Å².